The van der Waals surface area contributed by atoms with Crippen molar-refractivity contribution in [3.8, 4) is 0 Å². The minimum atomic E-state index is -0.405. The second kappa shape index (κ2) is 5.46. The zero-order chi connectivity index (χ0) is 13.1. The number of benzene rings is 1. The largest absolute Gasteiger partial charge is 0.382 e. The monoisotopic (exact) mass is 302 g/mol. The Kier molecular flexibility index (Phi) is 4.47. The number of ether oxygens (including phenoxy) is 1. The first kappa shape index (κ1) is 13.9. The fourth-order valence-electron chi connectivity index (χ4n) is 1.53. The van der Waals surface area contributed by atoms with E-state index in [-0.39, 0.29) is 11.2 Å². The number of nitrogens with zero attached hydrogens (tertiary/aromatic N) is 1. The fraction of sp³-hybridized carbons (Fsp3) is 0.455. The van der Waals surface area contributed by atoms with Crippen LogP contribution in [-0.2, 0) is 4.74 Å². The lowest BCUT2D eigenvalue weighted by Gasteiger charge is -2.26. The van der Waals surface area contributed by atoms with Crippen LogP contribution in [0.1, 0.15) is 13.8 Å². The summed E-state index contributed by atoms with van der Waals surface area (Å²) < 4.78 is 5.86. The molecule has 5 nitrogen and oxygen atoms in total. The summed E-state index contributed by atoms with van der Waals surface area (Å²) >= 11 is 3.30. The van der Waals surface area contributed by atoms with Crippen molar-refractivity contribution in [2.24, 2.45) is 0 Å². The van der Waals surface area contributed by atoms with Crippen LogP contribution in [0.4, 0.5) is 11.4 Å². The Bertz CT molecular complexity index is 421. The topological polar surface area (TPSA) is 64.4 Å². The highest BCUT2D eigenvalue weighted by atomic mass is 79.9. The van der Waals surface area contributed by atoms with Crippen LogP contribution in [0.5, 0.6) is 0 Å². The van der Waals surface area contributed by atoms with Crippen LogP contribution in [0.25, 0.3) is 0 Å². The number of rotatable bonds is 5. The molecule has 0 atom stereocenters. The van der Waals surface area contributed by atoms with Crippen LogP contribution in [-0.4, -0.2) is 24.2 Å². The van der Waals surface area contributed by atoms with E-state index in [0.29, 0.717) is 12.3 Å². The van der Waals surface area contributed by atoms with Gasteiger partial charge in [0.05, 0.1) is 17.1 Å². The van der Waals surface area contributed by atoms with Gasteiger partial charge in [-0.1, -0.05) is 15.9 Å². The molecule has 0 amide bonds. The van der Waals surface area contributed by atoms with Gasteiger partial charge in [-0.2, -0.15) is 0 Å². The van der Waals surface area contributed by atoms with E-state index < -0.39 is 4.92 Å². The van der Waals surface area contributed by atoms with Crippen LogP contribution < -0.4 is 5.32 Å². The lowest BCUT2D eigenvalue weighted by molar-refractivity contribution is -0.384. The molecule has 0 unspecified atom stereocenters. The molecule has 0 saturated heterocycles. The van der Waals surface area contributed by atoms with Crippen LogP contribution in [0.2, 0.25) is 0 Å². The maximum atomic E-state index is 10.9. The average Bonchev–Trinajstić information content (AvgIpc) is 2.15. The molecule has 0 radical (unpaired) electrons. The molecule has 0 fully saturated rings. The number of methoxy groups -OCH3 is 1. The van der Waals surface area contributed by atoms with Crippen molar-refractivity contribution in [3.63, 3.8) is 0 Å². The van der Waals surface area contributed by atoms with Crippen LogP contribution in [0, 0.1) is 10.1 Å². The minimum Gasteiger partial charge on any atom is -0.382 e. The number of hydrogen-bond donors (Lipinski definition) is 1. The second-order valence-electron chi connectivity index (χ2n) is 4.36. The number of hydrogen-bond acceptors (Lipinski definition) is 4. The van der Waals surface area contributed by atoms with E-state index in [2.05, 4.69) is 21.2 Å². The van der Waals surface area contributed by atoms with Gasteiger partial charge in [-0.3, -0.25) is 10.1 Å². The molecule has 1 rings (SSSR count). The molecule has 0 heterocycles. The van der Waals surface area contributed by atoms with Gasteiger partial charge >= 0.3 is 0 Å². The molecule has 17 heavy (non-hydrogen) atoms. The number of halogens is 1. The standard InChI is InChI=1S/C11H15BrN2O3/c1-11(2,7-17-3)13-9-6-8(12)4-5-10(9)14(15)16/h4-6,13H,7H2,1-3H3. The Balaban J connectivity index is 3.04. The smallest absolute Gasteiger partial charge is 0.292 e. The first-order valence-electron chi connectivity index (χ1n) is 5.07. The second-order valence-corrected chi connectivity index (χ2v) is 5.28. The van der Waals surface area contributed by atoms with Gasteiger partial charge in [0.15, 0.2) is 0 Å². The lowest BCUT2D eigenvalue weighted by Crippen LogP contribution is -2.36. The Labute approximate surface area is 108 Å². The van der Waals surface area contributed by atoms with Gasteiger partial charge in [0.1, 0.15) is 5.69 Å². The third kappa shape index (κ3) is 3.98. The fourth-order valence-corrected chi connectivity index (χ4v) is 1.89. The summed E-state index contributed by atoms with van der Waals surface area (Å²) in [6.07, 6.45) is 0. The van der Waals surface area contributed by atoms with Crippen molar-refractivity contribution in [1.82, 2.24) is 0 Å². The first-order valence-corrected chi connectivity index (χ1v) is 5.86. The summed E-state index contributed by atoms with van der Waals surface area (Å²) in [7, 11) is 1.60. The van der Waals surface area contributed by atoms with E-state index in [1.165, 1.54) is 6.07 Å². The van der Waals surface area contributed by atoms with E-state index >= 15 is 0 Å². The van der Waals surface area contributed by atoms with Gasteiger partial charge in [0.25, 0.3) is 5.69 Å². The highest BCUT2D eigenvalue weighted by Gasteiger charge is 2.22. The summed E-state index contributed by atoms with van der Waals surface area (Å²) in [6.45, 7) is 4.29. The van der Waals surface area contributed by atoms with E-state index in [0.717, 1.165) is 4.47 Å². The summed E-state index contributed by atoms with van der Waals surface area (Å²) in [5.41, 5.74) is 0.157. The Hall–Kier alpha value is -1.14. The van der Waals surface area contributed by atoms with Crippen LogP contribution in [0.15, 0.2) is 22.7 Å². The van der Waals surface area contributed by atoms with Crippen LogP contribution in [0.3, 0.4) is 0 Å². The van der Waals surface area contributed by atoms with E-state index in [9.17, 15) is 10.1 Å². The van der Waals surface area contributed by atoms with Crippen LogP contribution >= 0.6 is 15.9 Å². The third-order valence-corrected chi connectivity index (χ3v) is 2.63. The Morgan fingerprint density at radius 1 is 1.53 bits per heavy atom. The highest BCUT2D eigenvalue weighted by Crippen LogP contribution is 2.30. The number of anilines is 1. The van der Waals surface area contributed by atoms with Crippen molar-refractivity contribution in [2.75, 3.05) is 19.0 Å². The molecule has 0 aliphatic carbocycles. The number of nitro groups is 1. The van der Waals surface area contributed by atoms with Crippen molar-refractivity contribution in [3.05, 3.63) is 32.8 Å². The maximum Gasteiger partial charge on any atom is 0.292 e. The molecule has 0 saturated carbocycles. The average molecular weight is 303 g/mol. The third-order valence-electron chi connectivity index (χ3n) is 2.13. The van der Waals surface area contributed by atoms with Crippen molar-refractivity contribution >= 4 is 27.3 Å². The minimum absolute atomic E-state index is 0.0531. The van der Waals surface area contributed by atoms with Gasteiger partial charge in [-0.25, -0.2) is 0 Å². The Morgan fingerprint density at radius 3 is 2.71 bits per heavy atom. The quantitative estimate of drug-likeness (QED) is 0.670. The molecule has 1 N–H and O–H groups in total. The zero-order valence-electron chi connectivity index (χ0n) is 9.99. The molecule has 0 aliphatic rings. The predicted molar refractivity (Wildman–Crippen MR) is 70.4 cm³/mol. The van der Waals surface area contributed by atoms with Crippen molar-refractivity contribution in [2.45, 2.75) is 19.4 Å². The van der Waals surface area contributed by atoms with E-state index in [4.69, 9.17) is 4.74 Å². The molecule has 1 aromatic rings. The number of nitro benzene ring substituents is 1. The molecule has 0 aliphatic heterocycles. The van der Waals surface area contributed by atoms with Gasteiger partial charge in [0, 0.05) is 17.6 Å². The molecule has 0 bridgehead atoms. The van der Waals surface area contributed by atoms with Gasteiger partial charge < -0.3 is 10.1 Å². The summed E-state index contributed by atoms with van der Waals surface area (Å²) in [5.74, 6) is 0. The first-order chi connectivity index (χ1) is 7.85. The summed E-state index contributed by atoms with van der Waals surface area (Å²) in [4.78, 5) is 10.5. The SMILES string of the molecule is COCC(C)(C)Nc1cc(Br)ccc1[N+](=O)[O-]. The molecule has 1 aromatic carbocycles. The highest BCUT2D eigenvalue weighted by molar-refractivity contribution is 9.10. The van der Waals surface area contributed by atoms with Gasteiger partial charge in [-0.15, -0.1) is 0 Å². The summed E-state index contributed by atoms with van der Waals surface area (Å²) in [5, 5.41) is 14.0. The predicted octanol–water partition coefficient (Wildman–Crippen LogP) is 3.19. The molecular weight excluding hydrogens is 288 g/mol. The summed E-state index contributed by atoms with van der Waals surface area (Å²) in [6, 6.07) is 4.80. The van der Waals surface area contributed by atoms with E-state index in [1.54, 1.807) is 19.2 Å². The van der Waals surface area contributed by atoms with Crippen molar-refractivity contribution in [1.29, 1.82) is 0 Å². The molecule has 6 heteroatoms. The Morgan fingerprint density at radius 2 is 2.18 bits per heavy atom. The van der Waals surface area contributed by atoms with E-state index in [1.807, 2.05) is 13.8 Å². The van der Waals surface area contributed by atoms with Gasteiger partial charge in [-0.05, 0) is 26.0 Å². The van der Waals surface area contributed by atoms with Crippen molar-refractivity contribution < 1.29 is 9.66 Å². The molecule has 94 valence electrons. The number of nitrogens with one attached hydrogen (secondary N) is 1. The lowest BCUT2D eigenvalue weighted by atomic mass is 10.1. The molecule has 0 spiro atoms. The normalized spacial score (nSPS) is 11.3. The molecule has 0 aromatic heterocycles. The zero-order valence-corrected chi connectivity index (χ0v) is 11.6. The molecular formula is C11H15BrN2O3. The maximum absolute atomic E-state index is 10.9. The van der Waals surface area contributed by atoms with Gasteiger partial charge in [0.2, 0.25) is 0 Å².